The number of carbonyl (C=O) groups is 1. The molecule has 0 saturated heterocycles. The molecule has 0 saturated carbocycles. The predicted molar refractivity (Wildman–Crippen MR) is 99.1 cm³/mol. The highest BCUT2D eigenvalue weighted by molar-refractivity contribution is 5.92. The molecular weight excluding hydrogens is 349 g/mol. The molecule has 2 heterocycles. The van der Waals surface area contributed by atoms with E-state index in [0.717, 1.165) is 11.3 Å². The molecule has 3 rings (SSSR count). The van der Waals surface area contributed by atoms with Gasteiger partial charge in [0, 0.05) is 23.9 Å². The zero-order valence-corrected chi connectivity index (χ0v) is 15.1. The van der Waals surface area contributed by atoms with Crippen LogP contribution < -0.4 is 15.8 Å². The highest BCUT2D eigenvalue weighted by Crippen LogP contribution is 2.40. The lowest BCUT2D eigenvalue weighted by atomic mass is 9.89. The SMILES string of the molecule is CC1(C)CC(NC(=O)c2ccccn2)c2cc(N)ccc2O1.Cl.Cl. The van der Waals surface area contributed by atoms with Crippen LogP contribution in [0.2, 0.25) is 0 Å². The van der Waals surface area contributed by atoms with Crippen molar-refractivity contribution >= 4 is 36.4 Å². The van der Waals surface area contributed by atoms with Gasteiger partial charge in [0.2, 0.25) is 0 Å². The maximum atomic E-state index is 12.4. The number of nitrogens with one attached hydrogen (secondary N) is 1. The van der Waals surface area contributed by atoms with E-state index in [2.05, 4.69) is 10.3 Å². The third-order valence-corrected chi connectivity index (χ3v) is 3.69. The van der Waals surface area contributed by atoms with Crippen molar-refractivity contribution in [3.63, 3.8) is 0 Å². The Hall–Kier alpha value is -1.98. The molecule has 0 aliphatic carbocycles. The minimum absolute atomic E-state index is 0. The van der Waals surface area contributed by atoms with E-state index in [0.29, 0.717) is 17.8 Å². The number of anilines is 1. The van der Waals surface area contributed by atoms with Crippen LogP contribution in [0.25, 0.3) is 0 Å². The van der Waals surface area contributed by atoms with Gasteiger partial charge in [0.25, 0.3) is 5.91 Å². The summed E-state index contributed by atoms with van der Waals surface area (Å²) < 4.78 is 5.97. The highest BCUT2D eigenvalue weighted by atomic mass is 35.5. The quantitative estimate of drug-likeness (QED) is 0.793. The largest absolute Gasteiger partial charge is 0.487 e. The molecule has 2 aromatic rings. The third-order valence-electron chi connectivity index (χ3n) is 3.69. The Bertz CT molecular complexity index is 708. The van der Waals surface area contributed by atoms with Crippen LogP contribution in [0.5, 0.6) is 5.75 Å². The molecule has 1 aromatic heterocycles. The number of pyridine rings is 1. The third kappa shape index (κ3) is 4.30. The van der Waals surface area contributed by atoms with Gasteiger partial charge in [0.1, 0.15) is 17.0 Å². The highest BCUT2D eigenvalue weighted by Gasteiger charge is 2.34. The first-order valence-corrected chi connectivity index (χ1v) is 7.25. The Morgan fingerprint density at radius 1 is 1.29 bits per heavy atom. The molecule has 130 valence electrons. The molecule has 1 amide bonds. The van der Waals surface area contributed by atoms with Crippen LogP contribution in [0.3, 0.4) is 0 Å². The van der Waals surface area contributed by atoms with Crippen molar-refractivity contribution in [2.75, 3.05) is 5.73 Å². The maximum Gasteiger partial charge on any atom is 0.270 e. The van der Waals surface area contributed by atoms with Crippen LogP contribution in [-0.2, 0) is 0 Å². The Balaban J connectivity index is 0.00000144. The number of hydrogen-bond acceptors (Lipinski definition) is 4. The summed E-state index contributed by atoms with van der Waals surface area (Å²) in [5.41, 5.74) is 7.48. The van der Waals surface area contributed by atoms with Crippen LogP contribution in [0, 0.1) is 0 Å². The van der Waals surface area contributed by atoms with Crippen LogP contribution in [0.4, 0.5) is 5.69 Å². The van der Waals surface area contributed by atoms with Crippen molar-refractivity contribution in [3.8, 4) is 5.75 Å². The molecular formula is C17H21Cl2N3O2. The van der Waals surface area contributed by atoms with E-state index in [1.165, 1.54) is 0 Å². The Morgan fingerprint density at radius 3 is 2.71 bits per heavy atom. The first-order valence-electron chi connectivity index (χ1n) is 7.25. The predicted octanol–water partition coefficient (Wildman–Crippen LogP) is 3.54. The van der Waals surface area contributed by atoms with E-state index in [9.17, 15) is 4.79 Å². The van der Waals surface area contributed by atoms with Gasteiger partial charge >= 0.3 is 0 Å². The zero-order chi connectivity index (χ0) is 15.7. The van der Waals surface area contributed by atoms with E-state index in [4.69, 9.17) is 10.5 Å². The number of aromatic nitrogens is 1. The molecule has 1 aliphatic heterocycles. The fourth-order valence-electron chi connectivity index (χ4n) is 2.73. The van der Waals surface area contributed by atoms with Gasteiger partial charge in [-0.25, -0.2) is 0 Å². The molecule has 0 fully saturated rings. The van der Waals surface area contributed by atoms with Crippen molar-refractivity contribution in [1.29, 1.82) is 0 Å². The van der Waals surface area contributed by atoms with Crippen molar-refractivity contribution in [2.24, 2.45) is 0 Å². The van der Waals surface area contributed by atoms with Gasteiger partial charge in [-0.2, -0.15) is 0 Å². The van der Waals surface area contributed by atoms with Gasteiger partial charge in [-0.1, -0.05) is 6.07 Å². The smallest absolute Gasteiger partial charge is 0.270 e. The molecule has 1 aromatic carbocycles. The number of hydrogen-bond donors (Lipinski definition) is 2. The summed E-state index contributed by atoms with van der Waals surface area (Å²) in [5.74, 6) is 0.563. The van der Waals surface area contributed by atoms with E-state index in [1.54, 1.807) is 30.5 Å². The van der Waals surface area contributed by atoms with Gasteiger partial charge in [0.15, 0.2) is 0 Å². The minimum atomic E-state index is -0.356. The maximum absolute atomic E-state index is 12.4. The standard InChI is InChI=1S/C17H19N3O2.2ClH/c1-17(2)10-14(12-9-11(18)6-7-15(12)22-17)20-16(21)13-5-3-4-8-19-13;;/h3-9,14H,10,18H2,1-2H3,(H,20,21);2*1H. The van der Waals surface area contributed by atoms with Gasteiger partial charge < -0.3 is 15.8 Å². The second kappa shape index (κ2) is 7.73. The normalized spacial score (nSPS) is 17.3. The zero-order valence-electron chi connectivity index (χ0n) is 13.5. The van der Waals surface area contributed by atoms with E-state index in [-0.39, 0.29) is 42.4 Å². The fourth-order valence-corrected chi connectivity index (χ4v) is 2.73. The number of nitrogens with two attached hydrogens (primary N) is 1. The second-order valence-corrected chi connectivity index (χ2v) is 6.10. The molecule has 24 heavy (non-hydrogen) atoms. The fraction of sp³-hybridized carbons (Fsp3) is 0.294. The second-order valence-electron chi connectivity index (χ2n) is 6.10. The van der Waals surface area contributed by atoms with Crippen LogP contribution >= 0.6 is 24.8 Å². The van der Waals surface area contributed by atoms with E-state index >= 15 is 0 Å². The summed E-state index contributed by atoms with van der Waals surface area (Å²) in [5, 5.41) is 3.04. The molecule has 0 radical (unpaired) electrons. The lowest BCUT2D eigenvalue weighted by Crippen LogP contribution is -2.41. The van der Waals surface area contributed by atoms with Crippen molar-refractivity contribution in [3.05, 3.63) is 53.9 Å². The van der Waals surface area contributed by atoms with Crippen LogP contribution in [0.1, 0.15) is 42.4 Å². The summed E-state index contributed by atoms with van der Waals surface area (Å²) in [6.45, 7) is 4.01. The Kier molecular flexibility index (Phi) is 6.46. The van der Waals surface area contributed by atoms with Gasteiger partial charge in [0.05, 0.1) is 6.04 Å². The molecule has 3 N–H and O–H groups in total. The minimum Gasteiger partial charge on any atom is -0.487 e. The average molecular weight is 370 g/mol. The van der Waals surface area contributed by atoms with Gasteiger partial charge in [-0.05, 0) is 44.2 Å². The first kappa shape index (κ1) is 20.1. The number of carbonyl (C=O) groups excluding carboxylic acids is 1. The molecule has 5 nitrogen and oxygen atoms in total. The summed E-state index contributed by atoms with van der Waals surface area (Å²) in [4.78, 5) is 16.5. The molecule has 1 unspecified atom stereocenters. The van der Waals surface area contributed by atoms with Crippen LogP contribution in [-0.4, -0.2) is 16.5 Å². The number of rotatable bonds is 2. The number of benzene rings is 1. The van der Waals surface area contributed by atoms with Crippen molar-refractivity contribution in [1.82, 2.24) is 10.3 Å². The molecule has 0 spiro atoms. The van der Waals surface area contributed by atoms with Crippen LogP contribution in [0.15, 0.2) is 42.6 Å². The van der Waals surface area contributed by atoms with Gasteiger partial charge in [-0.15, -0.1) is 24.8 Å². The summed E-state index contributed by atoms with van der Waals surface area (Å²) >= 11 is 0. The number of nitrogens with zero attached hydrogens (tertiary/aromatic N) is 1. The summed E-state index contributed by atoms with van der Waals surface area (Å²) in [6, 6.07) is 10.6. The molecule has 0 bridgehead atoms. The number of nitrogen functional groups attached to an aromatic ring is 1. The average Bonchev–Trinajstić information content (AvgIpc) is 2.48. The number of ether oxygens (including phenoxy) is 1. The van der Waals surface area contributed by atoms with E-state index < -0.39 is 0 Å². The molecule has 7 heteroatoms. The monoisotopic (exact) mass is 369 g/mol. The molecule has 1 aliphatic rings. The first-order chi connectivity index (χ1) is 10.4. The number of halogens is 2. The Morgan fingerprint density at radius 2 is 2.04 bits per heavy atom. The number of amides is 1. The lowest BCUT2D eigenvalue weighted by molar-refractivity contribution is 0.0618. The number of fused-ring (bicyclic) bond motifs is 1. The van der Waals surface area contributed by atoms with E-state index in [1.807, 2.05) is 26.0 Å². The van der Waals surface area contributed by atoms with Crippen molar-refractivity contribution < 1.29 is 9.53 Å². The summed E-state index contributed by atoms with van der Waals surface area (Å²) in [7, 11) is 0. The summed E-state index contributed by atoms with van der Waals surface area (Å²) in [6.07, 6.45) is 2.27. The topological polar surface area (TPSA) is 77.2 Å². The molecule has 1 atom stereocenters. The Labute approximate surface area is 153 Å². The lowest BCUT2D eigenvalue weighted by Gasteiger charge is -2.38. The van der Waals surface area contributed by atoms with Gasteiger partial charge in [-0.3, -0.25) is 9.78 Å². The van der Waals surface area contributed by atoms with Crippen molar-refractivity contribution in [2.45, 2.75) is 31.9 Å².